The van der Waals surface area contributed by atoms with Crippen molar-refractivity contribution in [2.24, 2.45) is 0 Å². The lowest BCUT2D eigenvalue weighted by atomic mass is 10.0. The highest BCUT2D eigenvalue weighted by atomic mass is 19.1. The van der Waals surface area contributed by atoms with Gasteiger partial charge in [0.1, 0.15) is 11.6 Å². The third kappa shape index (κ3) is 2.63. The van der Waals surface area contributed by atoms with E-state index in [1.54, 1.807) is 20.8 Å². The van der Waals surface area contributed by atoms with Gasteiger partial charge in [-0.05, 0) is 26.3 Å². The number of aromatic nitrogens is 2. The van der Waals surface area contributed by atoms with Crippen LogP contribution >= 0.6 is 0 Å². The normalized spacial score (nSPS) is 11.9. The second-order valence-electron chi connectivity index (χ2n) is 5.61. The molecule has 1 aromatic heterocycles. The van der Waals surface area contributed by atoms with Gasteiger partial charge in [-0.3, -0.25) is 4.68 Å². The summed E-state index contributed by atoms with van der Waals surface area (Å²) in [5.74, 6) is -1.38. The van der Waals surface area contributed by atoms with Crippen molar-refractivity contribution < 1.29 is 13.9 Å². The zero-order valence-corrected chi connectivity index (χ0v) is 12.3. The molecule has 0 bridgehead atoms. The monoisotopic (exact) mass is 295 g/mol. The van der Waals surface area contributed by atoms with E-state index in [0.717, 1.165) is 6.07 Å². The summed E-state index contributed by atoms with van der Waals surface area (Å²) in [6, 6.07) is 1.13. The molecule has 21 heavy (non-hydrogen) atoms. The van der Waals surface area contributed by atoms with Crippen molar-refractivity contribution in [1.82, 2.24) is 9.78 Å². The number of rotatable bonds is 4. The van der Waals surface area contributed by atoms with Crippen LogP contribution < -0.4 is 5.73 Å². The second kappa shape index (κ2) is 5.44. The first-order valence-electron chi connectivity index (χ1n) is 6.74. The van der Waals surface area contributed by atoms with E-state index in [2.05, 4.69) is 5.10 Å². The van der Waals surface area contributed by atoms with Crippen molar-refractivity contribution in [2.45, 2.75) is 32.7 Å². The number of halogens is 2. The molecule has 2 aromatic rings. The Morgan fingerprint density at radius 1 is 1.38 bits per heavy atom. The number of hydrogen-bond donors (Lipinski definition) is 2. The fraction of sp³-hybridized carbons (Fsp3) is 0.400. The molecule has 0 aliphatic carbocycles. The van der Waals surface area contributed by atoms with Crippen molar-refractivity contribution >= 4 is 5.69 Å². The van der Waals surface area contributed by atoms with E-state index in [1.807, 2.05) is 0 Å². The van der Waals surface area contributed by atoms with Crippen molar-refractivity contribution in [3.05, 3.63) is 35.7 Å². The summed E-state index contributed by atoms with van der Waals surface area (Å²) in [6.45, 7) is 5.17. The summed E-state index contributed by atoms with van der Waals surface area (Å²) in [5.41, 5.74) is 5.58. The maximum absolute atomic E-state index is 14.5. The molecule has 0 unspecified atom stereocenters. The Bertz CT molecular complexity index is 665. The zero-order chi connectivity index (χ0) is 15.8. The van der Waals surface area contributed by atoms with Crippen LogP contribution in [0.2, 0.25) is 0 Å². The number of anilines is 1. The largest absolute Gasteiger partial charge is 0.398 e. The number of aliphatic hydroxyl groups is 1. The molecule has 0 fully saturated rings. The predicted octanol–water partition coefficient (Wildman–Crippen LogP) is 2.70. The Balaban J connectivity index is 2.58. The van der Waals surface area contributed by atoms with Crippen LogP contribution in [-0.4, -0.2) is 21.5 Å². The van der Waals surface area contributed by atoms with Crippen LogP contribution in [0.15, 0.2) is 18.5 Å². The van der Waals surface area contributed by atoms with E-state index in [4.69, 9.17) is 5.73 Å². The van der Waals surface area contributed by atoms with Crippen molar-refractivity contribution in [3.63, 3.8) is 0 Å². The van der Waals surface area contributed by atoms with Gasteiger partial charge in [0.2, 0.25) is 0 Å². The third-order valence-corrected chi connectivity index (χ3v) is 3.59. The van der Waals surface area contributed by atoms with E-state index in [-0.39, 0.29) is 17.9 Å². The average molecular weight is 295 g/mol. The van der Waals surface area contributed by atoms with E-state index >= 15 is 0 Å². The van der Waals surface area contributed by atoms with Gasteiger partial charge < -0.3 is 10.8 Å². The molecule has 0 radical (unpaired) electrons. The molecule has 0 amide bonds. The fourth-order valence-corrected chi connectivity index (χ4v) is 2.16. The Hall–Kier alpha value is -1.95. The van der Waals surface area contributed by atoms with Gasteiger partial charge in [-0.25, -0.2) is 8.78 Å². The van der Waals surface area contributed by atoms with Gasteiger partial charge >= 0.3 is 0 Å². The Labute approximate surface area is 122 Å². The molecule has 2 rings (SSSR count). The van der Waals surface area contributed by atoms with Crippen LogP contribution in [0.5, 0.6) is 0 Å². The van der Waals surface area contributed by atoms with Crippen LogP contribution in [0.1, 0.15) is 26.3 Å². The third-order valence-electron chi connectivity index (χ3n) is 3.59. The Kier molecular flexibility index (Phi) is 4.00. The number of aliphatic hydroxyl groups excluding tert-OH is 1. The molecular formula is C15H19F2N3O. The Morgan fingerprint density at radius 3 is 2.62 bits per heavy atom. The van der Waals surface area contributed by atoms with Crippen LogP contribution in [0.25, 0.3) is 11.1 Å². The molecule has 1 heterocycles. The van der Waals surface area contributed by atoms with Crippen molar-refractivity contribution in [3.8, 4) is 11.1 Å². The summed E-state index contributed by atoms with van der Waals surface area (Å²) < 4.78 is 30.0. The standard InChI is InChI=1S/C15H19F2N3O/c1-4-10-12(18)5-11(16)13(14(10)17)9-6-19-20(7-9)15(2,3)8-21/h5-7,21H,4,8,18H2,1-3H3. The van der Waals surface area contributed by atoms with E-state index in [1.165, 1.54) is 17.1 Å². The molecule has 3 N–H and O–H groups in total. The molecule has 0 saturated carbocycles. The summed E-state index contributed by atoms with van der Waals surface area (Å²) in [5, 5.41) is 13.4. The van der Waals surface area contributed by atoms with Crippen LogP contribution in [0, 0.1) is 11.6 Å². The number of benzene rings is 1. The van der Waals surface area contributed by atoms with Gasteiger partial charge in [0, 0.05) is 23.0 Å². The van der Waals surface area contributed by atoms with Crippen molar-refractivity contribution in [2.75, 3.05) is 12.3 Å². The maximum Gasteiger partial charge on any atom is 0.139 e. The van der Waals surface area contributed by atoms with Gasteiger partial charge in [0.25, 0.3) is 0 Å². The highest BCUT2D eigenvalue weighted by Gasteiger charge is 2.23. The minimum Gasteiger partial charge on any atom is -0.398 e. The number of hydrogen-bond acceptors (Lipinski definition) is 3. The van der Waals surface area contributed by atoms with E-state index in [9.17, 15) is 13.9 Å². The number of nitrogens with zero attached hydrogens (tertiary/aromatic N) is 2. The molecule has 1 aromatic carbocycles. The van der Waals surface area contributed by atoms with Crippen molar-refractivity contribution in [1.29, 1.82) is 0 Å². The van der Waals surface area contributed by atoms with Gasteiger partial charge in [-0.2, -0.15) is 5.10 Å². The van der Waals surface area contributed by atoms with Gasteiger partial charge in [-0.15, -0.1) is 0 Å². The minimum atomic E-state index is -0.719. The fourth-order valence-electron chi connectivity index (χ4n) is 2.16. The molecule has 4 nitrogen and oxygen atoms in total. The first-order valence-corrected chi connectivity index (χ1v) is 6.74. The smallest absolute Gasteiger partial charge is 0.139 e. The van der Waals surface area contributed by atoms with Crippen LogP contribution in [0.3, 0.4) is 0 Å². The van der Waals surface area contributed by atoms with Crippen LogP contribution in [0.4, 0.5) is 14.5 Å². The number of nitrogens with two attached hydrogens (primary N) is 1. The quantitative estimate of drug-likeness (QED) is 0.852. The highest BCUT2D eigenvalue weighted by molar-refractivity contribution is 5.68. The summed E-state index contributed by atoms with van der Waals surface area (Å²) in [4.78, 5) is 0. The predicted molar refractivity (Wildman–Crippen MR) is 77.8 cm³/mol. The molecule has 0 saturated heterocycles. The van der Waals surface area contributed by atoms with E-state index in [0.29, 0.717) is 17.5 Å². The summed E-state index contributed by atoms with van der Waals surface area (Å²) >= 11 is 0. The lowest BCUT2D eigenvalue weighted by Crippen LogP contribution is -2.30. The van der Waals surface area contributed by atoms with Crippen LogP contribution in [-0.2, 0) is 12.0 Å². The zero-order valence-electron chi connectivity index (χ0n) is 12.3. The highest BCUT2D eigenvalue weighted by Crippen LogP contribution is 2.32. The second-order valence-corrected chi connectivity index (χ2v) is 5.61. The van der Waals surface area contributed by atoms with Gasteiger partial charge in [0.15, 0.2) is 0 Å². The first kappa shape index (κ1) is 15.4. The van der Waals surface area contributed by atoms with Gasteiger partial charge in [0.05, 0.1) is 23.9 Å². The average Bonchev–Trinajstić information content (AvgIpc) is 2.89. The summed E-state index contributed by atoms with van der Waals surface area (Å²) in [6.07, 6.45) is 3.28. The summed E-state index contributed by atoms with van der Waals surface area (Å²) in [7, 11) is 0. The molecular weight excluding hydrogens is 276 g/mol. The molecule has 0 spiro atoms. The minimum absolute atomic E-state index is 0.110. The molecule has 0 aliphatic heterocycles. The lowest BCUT2D eigenvalue weighted by Gasteiger charge is -2.22. The topological polar surface area (TPSA) is 64.1 Å². The first-order chi connectivity index (χ1) is 9.81. The Morgan fingerprint density at radius 2 is 2.05 bits per heavy atom. The SMILES string of the molecule is CCc1c(N)cc(F)c(-c2cnn(C(C)(C)CO)c2)c1F. The molecule has 114 valence electrons. The maximum atomic E-state index is 14.5. The molecule has 0 atom stereocenters. The molecule has 6 heteroatoms. The van der Waals surface area contributed by atoms with Gasteiger partial charge in [-0.1, -0.05) is 6.92 Å². The number of nitrogen functional groups attached to an aromatic ring is 1. The van der Waals surface area contributed by atoms with E-state index < -0.39 is 17.2 Å². The lowest BCUT2D eigenvalue weighted by molar-refractivity contribution is 0.152. The molecule has 0 aliphatic rings.